The molecule has 0 unspecified atom stereocenters. The Morgan fingerprint density at radius 2 is 1.92 bits per heavy atom. The van der Waals surface area contributed by atoms with E-state index in [1.54, 1.807) is 12.5 Å². The van der Waals surface area contributed by atoms with E-state index in [-0.39, 0.29) is 11.3 Å². The van der Waals surface area contributed by atoms with Gasteiger partial charge in [-0.15, -0.1) is 0 Å². The summed E-state index contributed by atoms with van der Waals surface area (Å²) < 4.78 is 0. The van der Waals surface area contributed by atoms with Gasteiger partial charge in [-0.3, -0.25) is 14.8 Å². The van der Waals surface area contributed by atoms with Crippen molar-refractivity contribution < 1.29 is 14.8 Å². The van der Waals surface area contributed by atoms with E-state index in [1.807, 2.05) is 0 Å². The second-order valence-corrected chi connectivity index (χ2v) is 7.46. The summed E-state index contributed by atoms with van der Waals surface area (Å²) in [5.41, 5.74) is 9.30. The zero-order valence-electron chi connectivity index (χ0n) is 15.8. The maximum Gasteiger partial charge on any atom is 0.266 e. The van der Waals surface area contributed by atoms with Gasteiger partial charge < -0.3 is 10.6 Å². The number of carbonyl (C=O) groups is 2. The summed E-state index contributed by atoms with van der Waals surface area (Å²) in [6, 6.07) is 7.73. The number of amides is 2. The highest BCUT2D eigenvalue weighted by Gasteiger charge is 2.51. The summed E-state index contributed by atoms with van der Waals surface area (Å²) >= 11 is 0. The van der Waals surface area contributed by atoms with Crippen LogP contribution in [-0.2, 0) is 16.0 Å². The number of hydrogen-bond donors (Lipinski definition) is 3. The monoisotopic (exact) mass is 361 g/mol. The van der Waals surface area contributed by atoms with Crippen LogP contribution >= 0.6 is 0 Å². The van der Waals surface area contributed by atoms with Crippen molar-refractivity contribution in [2.24, 2.45) is 11.1 Å². The van der Waals surface area contributed by atoms with Crippen LogP contribution in [0.3, 0.4) is 0 Å². The second-order valence-electron chi connectivity index (χ2n) is 7.46. The predicted molar refractivity (Wildman–Crippen MR) is 101 cm³/mol. The normalized spacial score (nSPS) is 16.0. The molecule has 0 heterocycles. The van der Waals surface area contributed by atoms with Crippen molar-refractivity contribution in [2.75, 3.05) is 13.6 Å². The van der Waals surface area contributed by atoms with Gasteiger partial charge in [0, 0.05) is 12.5 Å². The zero-order valence-corrected chi connectivity index (χ0v) is 15.8. The fourth-order valence-electron chi connectivity index (χ4n) is 3.43. The van der Waals surface area contributed by atoms with Gasteiger partial charge in [0.15, 0.2) is 0 Å². The molecule has 26 heavy (non-hydrogen) atoms. The van der Waals surface area contributed by atoms with Gasteiger partial charge in [-0.25, -0.2) is 5.48 Å². The summed E-state index contributed by atoms with van der Waals surface area (Å²) in [4.78, 5) is 26.6. The van der Waals surface area contributed by atoms with Gasteiger partial charge in [0.2, 0.25) is 5.91 Å². The molecule has 1 atom stereocenters. The molecule has 0 bridgehead atoms. The molecule has 1 fully saturated rings. The molecular formula is C20H31N3O3. The number of hydroxylamine groups is 1. The summed E-state index contributed by atoms with van der Waals surface area (Å²) in [6.07, 6.45) is 5.38. The van der Waals surface area contributed by atoms with Crippen molar-refractivity contribution in [3.63, 3.8) is 0 Å². The predicted octanol–water partition coefficient (Wildman–Crippen LogP) is 2.17. The Kier molecular flexibility index (Phi) is 7.17. The average Bonchev–Trinajstić information content (AvgIpc) is 3.44. The van der Waals surface area contributed by atoms with E-state index in [2.05, 4.69) is 31.2 Å². The first-order valence-corrected chi connectivity index (χ1v) is 9.40. The molecule has 0 aromatic heterocycles. The molecule has 0 radical (unpaired) electrons. The lowest BCUT2D eigenvalue weighted by molar-refractivity contribution is -0.146. The summed E-state index contributed by atoms with van der Waals surface area (Å²) in [7, 11) is 1.66. The fraction of sp³-hybridized carbons (Fsp3) is 0.600. The number of likely N-dealkylation sites (N-methyl/N-ethyl adjacent to an activating group) is 1. The lowest BCUT2D eigenvalue weighted by Crippen LogP contribution is -2.49. The molecule has 0 saturated heterocycles. The highest BCUT2D eigenvalue weighted by molar-refractivity contribution is 5.91. The Balaban J connectivity index is 1.99. The van der Waals surface area contributed by atoms with E-state index < -0.39 is 11.9 Å². The summed E-state index contributed by atoms with van der Waals surface area (Å²) in [5.74, 6) is -0.529. The molecule has 1 saturated carbocycles. The minimum absolute atomic E-state index is 0.00552. The molecule has 1 aliphatic rings. The molecule has 2 rings (SSSR count). The molecular weight excluding hydrogens is 330 g/mol. The van der Waals surface area contributed by atoms with Gasteiger partial charge in [-0.1, -0.05) is 29.8 Å². The molecule has 1 aromatic rings. The number of hydrogen-bond acceptors (Lipinski definition) is 4. The third kappa shape index (κ3) is 5.05. The summed E-state index contributed by atoms with van der Waals surface area (Å²) in [5, 5.41) is 9.02. The Morgan fingerprint density at radius 3 is 2.46 bits per heavy atom. The molecule has 4 N–H and O–H groups in total. The molecule has 6 heteroatoms. The van der Waals surface area contributed by atoms with E-state index in [0.717, 1.165) is 38.5 Å². The maximum atomic E-state index is 13.0. The van der Waals surface area contributed by atoms with Crippen molar-refractivity contribution in [1.82, 2.24) is 10.4 Å². The number of nitrogens with one attached hydrogen (secondary N) is 1. The van der Waals surface area contributed by atoms with Gasteiger partial charge >= 0.3 is 0 Å². The van der Waals surface area contributed by atoms with E-state index in [4.69, 9.17) is 10.9 Å². The first kappa shape index (κ1) is 20.4. The van der Waals surface area contributed by atoms with Gasteiger partial charge in [-0.2, -0.15) is 0 Å². The topological polar surface area (TPSA) is 95.7 Å². The van der Waals surface area contributed by atoms with Crippen LogP contribution in [0.25, 0.3) is 0 Å². The van der Waals surface area contributed by atoms with Crippen LogP contribution in [0.1, 0.15) is 49.7 Å². The van der Waals surface area contributed by atoms with Crippen LogP contribution in [0, 0.1) is 12.3 Å². The average molecular weight is 361 g/mol. The highest BCUT2D eigenvalue weighted by Crippen LogP contribution is 2.51. The lowest BCUT2D eigenvalue weighted by Gasteiger charge is -2.30. The Hall–Kier alpha value is -1.92. The molecule has 1 aromatic carbocycles. The molecule has 6 nitrogen and oxygen atoms in total. The third-order valence-corrected chi connectivity index (χ3v) is 5.45. The van der Waals surface area contributed by atoms with E-state index in [0.29, 0.717) is 13.0 Å². The largest absolute Gasteiger partial charge is 0.333 e. The van der Waals surface area contributed by atoms with Crippen molar-refractivity contribution in [3.8, 4) is 0 Å². The maximum absolute atomic E-state index is 13.0. The molecule has 0 spiro atoms. The summed E-state index contributed by atoms with van der Waals surface area (Å²) in [6.45, 7) is 2.60. The number of nitrogens with zero attached hydrogens (tertiary/aromatic N) is 1. The number of aryl methyl sites for hydroxylation is 2. The number of nitrogens with two attached hydrogens (primary N) is 1. The first-order valence-electron chi connectivity index (χ1n) is 9.40. The van der Waals surface area contributed by atoms with Gasteiger partial charge in [0.1, 0.15) is 6.04 Å². The molecule has 2 amide bonds. The van der Waals surface area contributed by atoms with Crippen LogP contribution in [-0.4, -0.2) is 41.6 Å². The Labute approximate surface area is 155 Å². The minimum Gasteiger partial charge on any atom is -0.333 e. The van der Waals surface area contributed by atoms with Crippen molar-refractivity contribution in [1.29, 1.82) is 0 Å². The quantitative estimate of drug-likeness (QED) is 0.338. The van der Waals surface area contributed by atoms with Crippen LogP contribution in [0.4, 0.5) is 0 Å². The Morgan fingerprint density at radius 1 is 1.27 bits per heavy atom. The SMILES string of the molecule is Cc1ccc(CCC2(C(=O)N(C)[C@H](CCCCN)C(=O)NO)CC2)cc1. The zero-order chi connectivity index (χ0) is 19.2. The van der Waals surface area contributed by atoms with Crippen LogP contribution in [0.15, 0.2) is 24.3 Å². The van der Waals surface area contributed by atoms with Crippen LogP contribution in [0.5, 0.6) is 0 Å². The molecule has 144 valence electrons. The minimum atomic E-state index is -0.657. The number of unbranched alkanes of at least 4 members (excludes halogenated alkanes) is 1. The van der Waals surface area contributed by atoms with Crippen LogP contribution in [0.2, 0.25) is 0 Å². The van der Waals surface area contributed by atoms with E-state index in [9.17, 15) is 9.59 Å². The van der Waals surface area contributed by atoms with Crippen molar-refractivity contribution in [3.05, 3.63) is 35.4 Å². The smallest absolute Gasteiger partial charge is 0.266 e. The second kappa shape index (κ2) is 9.14. The number of carbonyl (C=O) groups excluding carboxylic acids is 2. The van der Waals surface area contributed by atoms with E-state index >= 15 is 0 Å². The lowest BCUT2D eigenvalue weighted by atomic mass is 9.94. The standard InChI is InChI=1S/C20H31N3O3/c1-15-6-8-16(9-7-15)10-11-20(12-13-20)19(25)23(2)17(18(24)22-26)5-3-4-14-21/h6-9,17,26H,3-5,10-14,21H2,1-2H3,(H,22,24)/t17-/m1/s1. The van der Waals surface area contributed by atoms with Gasteiger partial charge in [-0.05, 0) is 64.0 Å². The highest BCUT2D eigenvalue weighted by atomic mass is 16.5. The molecule has 1 aliphatic carbocycles. The number of benzene rings is 1. The van der Waals surface area contributed by atoms with Crippen molar-refractivity contribution >= 4 is 11.8 Å². The fourth-order valence-corrected chi connectivity index (χ4v) is 3.43. The van der Waals surface area contributed by atoms with Crippen LogP contribution < -0.4 is 11.2 Å². The first-order chi connectivity index (χ1) is 12.4. The van der Waals surface area contributed by atoms with Gasteiger partial charge in [0.25, 0.3) is 5.91 Å². The Bertz CT molecular complexity index is 611. The number of rotatable bonds is 10. The van der Waals surface area contributed by atoms with Crippen molar-refractivity contribution in [2.45, 2.75) is 57.9 Å². The van der Waals surface area contributed by atoms with E-state index in [1.165, 1.54) is 16.0 Å². The third-order valence-electron chi connectivity index (χ3n) is 5.45. The van der Waals surface area contributed by atoms with Gasteiger partial charge in [0.05, 0.1) is 0 Å². The molecule has 0 aliphatic heterocycles.